The van der Waals surface area contributed by atoms with Crippen LogP contribution in [-0.4, -0.2) is 12.5 Å². The molecule has 0 heterocycles. The third kappa shape index (κ3) is 3.46. The van der Waals surface area contributed by atoms with Gasteiger partial charge in [0.25, 0.3) is 0 Å². The van der Waals surface area contributed by atoms with Crippen molar-refractivity contribution in [2.24, 2.45) is 11.1 Å². The molecule has 1 aliphatic carbocycles. The van der Waals surface area contributed by atoms with Crippen molar-refractivity contribution in [1.82, 2.24) is 0 Å². The summed E-state index contributed by atoms with van der Waals surface area (Å²) in [4.78, 5) is 12.6. The van der Waals surface area contributed by atoms with Gasteiger partial charge in [-0.2, -0.15) is 0 Å². The van der Waals surface area contributed by atoms with Crippen LogP contribution in [0.25, 0.3) is 0 Å². The molecule has 1 aliphatic rings. The number of hydrogen-bond acceptors (Lipinski definition) is 2. The van der Waals surface area contributed by atoms with Gasteiger partial charge in [-0.25, -0.2) is 0 Å². The molecular weight excluding hydrogens is 260 g/mol. The molecule has 0 aliphatic heterocycles. The molecule has 3 nitrogen and oxygen atoms in total. The second-order valence-corrected chi connectivity index (χ2v) is 5.83. The highest BCUT2D eigenvalue weighted by molar-refractivity contribution is 5.96. The van der Waals surface area contributed by atoms with Crippen LogP contribution in [0.4, 0.5) is 5.69 Å². The Hall–Kier alpha value is -1.79. The van der Waals surface area contributed by atoms with E-state index in [1.165, 1.54) is 0 Å². The second kappa shape index (κ2) is 6.78. The van der Waals surface area contributed by atoms with Crippen molar-refractivity contribution in [1.29, 1.82) is 0 Å². The molecule has 3 heteroatoms. The van der Waals surface area contributed by atoms with Crippen LogP contribution in [0.2, 0.25) is 0 Å². The molecule has 21 heavy (non-hydrogen) atoms. The Bertz CT molecular complexity index is 575. The topological polar surface area (TPSA) is 55.1 Å². The van der Waals surface area contributed by atoms with E-state index in [0.29, 0.717) is 6.54 Å². The van der Waals surface area contributed by atoms with Crippen LogP contribution >= 0.6 is 0 Å². The fourth-order valence-corrected chi connectivity index (χ4v) is 3.08. The molecular formula is C18H24N2O. The summed E-state index contributed by atoms with van der Waals surface area (Å²) in [5.74, 6) is 6.03. The van der Waals surface area contributed by atoms with E-state index in [0.717, 1.165) is 48.9 Å². The van der Waals surface area contributed by atoms with Crippen molar-refractivity contribution in [2.75, 3.05) is 11.9 Å². The van der Waals surface area contributed by atoms with Gasteiger partial charge in [0.15, 0.2) is 0 Å². The number of carbonyl (C=O) groups excluding carboxylic acids is 1. The Labute approximate surface area is 127 Å². The highest BCUT2D eigenvalue weighted by atomic mass is 16.2. The third-order valence-electron chi connectivity index (χ3n) is 4.53. The van der Waals surface area contributed by atoms with Crippen molar-refractivity contribution in [3.63, 3.8) is 0 Å². The zero-order chi connectivity index (χ0) is 15.3. The molecule has 3 N–H and O–H groups in total. The Morgan fingerprint density at radius 3 is 2.67 bits per heavy atom. The van der Waals surface area contributed by atoms with Crippen molar-refractivity contribution >= 4 is 11.6 Å². The minimum atomic E-state index is -0.162. The predicted octanol–water partition coefficient (Wildman–Crippen LogP) is 3.21. The highest BCUT2D eigenvalue weighted by Gasteiger charge is 2.39. The maximum absolute atomic E-state index is 12.6. The van der Waals surface area contributed by atoms with Crippen LogP contribution in [-0.2, 0) is 4.79 Å². The Morgan fingerprint density at radius 2 is 2.10 bits per heavy atom. The van der Waals surface area contributed by atoms with Crippen LogP contribution in [0.1, 0.15) is 50.2 Å². The first-order chi connectivity index (χ1) is 10.1. The number of amides is 1. The summed E-state index contributed by atoms with van der Waals surface area (Å²) in [7, 11) is 0. The fourth-order valence-electron chi connectivity index (χ4n) is 3.08. The molecule has 112 valence electrons. The maximum atomic E-state index is 12.6. The minimum Gasteiger partial charge on any atom is -0.325 e. The minimum absolute atomic E-state index is 0.162. The number of hydrogen-bond donors (Lipinski definition) is 2. The summed E-state index contributed by atoms with van der Waals surface area (Å²) >= 11 is 0. The number of nitrogens with one attached hydrogen (secondary N) is 1. The summed E-state index contributed by atoms with van der Waals surface area (Å²) in [6, 6.07) is 5.86. The normalized spacial score (nSPS) is 16.1. The number of anilines is 1. The Balaban J connectivity index is 2.14. The van der Waals surface area contributed by atoms with E-state index in [2.05, 4.69) is 24.1 Å². The average Bonchev–Trinajstić information content (AvgIpc) is 2.97. The number of rotatable bonds is 3. The quantitative estimate of drug-likeness (QED) is 0.837. The van der Waals surface area contributed by atoms with Crippen LogP contribution in [0.3, 0.4) is 0 Å². The molecule has 1 amide bonds. The molecule has 2 rings (SSSR count). The number of nitrogens with two attached hydrogens (primary N) is 1. The van der Waals surface area contributed by atoms with Gasteiger partial charge in [-0.05, 0) is 49.9 Å². The number of carbonyl (C=O) groups is 1. The van der Waals surface area contributed by atoms with Gasteiger partial charge in [-0.15, -0.1) is 0 Å². The van der Waals surface area contributed by atoms with Gasteiger partial charge in [0, 0.05) is 16.7 Å². The van der Waals surface area contributed by atoms with Gasteiger partial charge in [0.05, 0.1) is 6.54 Å². The number of benzene rings is 1. The van der Waals surface area contributed by atoms with Crippen molar-refractivity contribution < 1.29 is 4.79 Å². The van der Waals surface area contributed by atoms with E-state index < -0.39 is 0 Å². The van der Waals surface area contributed by atoms with Crippen LogP contribution in [0.15, 0.2) is 18.2 Å². The molecule has 1 aromatic rings. The highest BCUT2D eigenvalue weighted by Crippen LogP contribution is 2.42. The standard InChI is InChI=1S/C18H24N2O/c1-3-18(10-4-5-11-18)17(21)20-16-9-8-15(7-6-12-19)13-14(16)2/h8-9,13H,3-5,10-12,19H2,1-2H3,(H,20,21). The molecule has 0 bridgehead atoms. The largest absolute Gasteiger partial charge is 0.325 e. The SMILES string of the molecule is CCC1(C(=O)Nc2ccc(C#CCN)cc2C)CCCC1. The molecule has 1 aromatic carbocycles. The van der Waals surface area contributed by atoms with Crippen LogP contribution in [0, 0.1) is 24.2 Å². The Kier molecular flexibility index (Phi) is 5.03. The summed E-state index contributed by atoms with van der Waals surface area (Å²) in [5.41, 5.74) is 8.07. The molecule has 1 saturated carbocycles. The molecule has 0 unspecified atom stereocenters. The van der Waals surface area contributed by atoms with Gasteiger partial charge in [-0.1, -0.05) is 31.6 Å². The van der Waals surface area contributed by atoms with Gasteiger partial charge >= 0.3 is 0 Å². The zero-order valence-corrected chi connectivity index (χ0v) is 13.0. The van der Waals surface area contributed by atoms with E-state index in [4.69, 9.17) is 5.73 Å². The van der Waals surface area contributed by atoms with Gasteiger partial charge < -0.3 is 11.1 Å². The van der Waals surface area contributed by atoms with Gasteiger partial charge in [-0.3, -0.25) is 4.79 Å². The van der Waals surface area contributed by atoms with Crippen molar-refractivity contribution in [3.05, 3.63) is 29.3 Å². The average molecular weight is 284 g/mol. The van der Waals surface area contributed by atoms with E-state index in [9.17, 15) is 4.79 Å². The Morgan fingerprint density at radius 1 is 1.38 bits per heavy atom. The van der Waals surface area contributed by atoms with E-state index >= 15 is 0 Å². The smallest absolute Gasteiger partial charge is 0.230 e. The van der Waals surface area contributed by atoms with Crippen LogP contribution < -0.4 is 11.1 Å². The number of aryl methyl sites for hydroxylation is 1. The lowest BCUT2D eigenvalue weighted by molar-refractivity contribution is -0.125. The first-order valence-electron chi connectivity index (χ1n) is 7.72. The first kappa shape index (κ1) is 15.6. The van der Waals surface area contributed by atoms with Gasteiger partial charge in [0.1, 0.15) is 0 Å². The van der Waals surface area contributed by atoms with Crippen molar-refractivity contribution in [2.45, 2.75) is 46.0 Å². The summed E-state index contributed by atoms with van der Waals surface area (Å²) in [5, 5.41) is 3.12. The summed E-state index contributed by atoms with van der Waals surface area (Å²) in [6.45, 7) is 4.47. The lowest BCUT2D eigenvalue weighted by Crippen LogP contribution is -2.33. The van der Waals surface area contributed by atoms with Crippen molar-refractivity contribution in [3.8, 4) is 11.8 Å². The predicted molar refractivity (Wildman–Crippen MR) is 86.9 cm³/mol. The molecule has 0 saturated heterocycles. The monoisotopic (exact) mass is 284 g/mol. The molecule has 1 fully saturated rings. The fraction of sp³-hybridized carbons (Fsp3) is 0.500. The molecule has 0 radical (unpaired) electrons. The molecule has 0 aromatic heterocycles. The summed E-state index contributed by atoms with van der Waals surface area (Å²) in [6.07, 6.45) is 5.25. The lowest BCUT2D eigenvalue weighted by Gasteiger charge is -2.26. The van der Waals surface area contributed by atoms with E-state index in [1.807, 2.05) is 25.1 Å². The van der Waals surface area contributed by atoms with E-state index in [1.54, 1.807) is 0 Å². The summed E-state index contributed by atoms with van der Waals surface area (Å²) < 4.78 is 0. The van der Waals surface area contributed by atoms with Gasteiger partial charge in [0.2, 0.25) is 5.91 Å². The second-order valence-electron chi connectivity index (χ2n) is 5.83. The third-order valence-corrected chi connectivity index (χ3v) is 4.53. The van der Waals surface area contributed by atoms with E-state index in [-0.39, 0.29) is 11.3 Å². The molecule has 0 atom stereocenters. The maximum Gasteiger partial charge on any atom is 0.230 e. The zero-order valence-electron chi connectivity index (χ0n) is 13.0. The molecule has 0 spiro atoms. The first-order valence-corrected chi connectivity index (χ1v) is 7.72. The van der Waals surface area contributed by atoms with Crippen LogP contribution in [0.5, 0.6) is 0 Å². The lowest BCUT2D eigenvalue weighted by atomic mass is 9.82.